The number of fused-ring (bicyclic) bond motifs is 1. The molecule has 0 aliphatic heterocycles. The number of anilines is 1. The molecule has 0 aliphatic rings. The second-order valence-electron chi connectivity index (χ2n) is 4.50. The van der Waals surface area contributed by atoms with Crippen LogP contribution >= 0.6 is 11.6 Å². The van der Waals surface area contributed by atoms with E-state index in [2.05, 4.69) is 4.57 Å². The number of nitrogen functional groups attached to an aromatic ring is 1. The number of halogens is 2. The van der Waals surface area contributed by atoms with E-state index in [0.29, 0.717) is 11.6 Å². The number of hydrogen-bond acceptors (Lipinski definition) is 1. The molecule has 0 unspecified atom stereocenters. The Bertz CT molecular complexity index is 749. The summed E-state index contributed by atoms with van der Waals surface area (Å²) in [6, 6.07) is 12.2. The number of aromatic nitrogens is 1. The Morgan fingerprint density at radius 1 is 1.11 bits per heavy atom. The monoisotopic (exact) mass is 274 g/mol. The molecule has 0 atom stereocenters. The molecule has 0 bridgehead atoms. The van der Waals surface area contributed by atoms with Gasteiger partial charge in [-0.3, -0.25) is 0 Å². The molecule has 0 amide bonds. The number of benzene rings is 2. The molecule has 3 rings (SSSR count). The molecule has 0 saturated carbocycles. The minimum Gasteiger partial charge on any atom is -0.399 e. The predicted molar refractivity (Wildman–Crippen MR) is 76.9 cm³/mol. The minimum absolute atomic E-state index is 0.320. The lowest BCUT2D eigenvalue weighted by Crippen LogP contribution is -1.99. The van der Waals surface area contributed by atoms with Crippen molar-refractivity contribution >= 4 is 28.2 Å². The first-order valence-corrected chi connectivity index (χ1v) is 6.29. The Morgan fingerprint density at radius 2 is 1.95 bits per heavy atom. The molecular formula is C15H12ClFN2. The van der Waals surface area contributed by atoms with Crippen molar-refractivity contribution < 1.29 is 4.39 Å². The Labute approximate surface area is 115 Å². The second kappa shape index (κ2) is 4.59. The molecule has 4 heteroatoms. The first kappa shape index (κ1) is 12.1. The summed E-state index contributed by atoms with van der Waals surface area (Å²) in [7, 11) is 0. The van der Waals surface area contributed by atoms with Crippen LogP contribution in [-0.2, 0) is 6.54 Å². The minimum atomic E-state index is -0.320. The van der Waals surface area contributed by atoms with Crippen LogP contribution < -0.4 is 5.73 Å². The third kappa shape index (κ3) is 2.29. The van der Waals surface area contributed by atoms with E-state index >= 15 is 0 Å². The van der Waals surface area contributed by atoms with Crippen molar-refractivity contribution in [2.24, 2.45) is 0 Å². The number of nitrogens with two attached hydrogens (primary N) is 1. The van der Waals surface area contributed by atoms with Gasteiger partial charge >= 0.3 is 0 Å². The maximum absolute atomic E-state index is 13.0. The van der Waals surface area contributed by atoms with Gasteiger partial charge in [-0.15, -0.1) is 0 Å². The zero-order valence-corrected chi connectivity index (χ0v) is 10.9. The smallest absolute Gasteiger partial charge is 0.124 e. The highest BCUT2D eigenvalue weighted by atomic mass is 35.5. The highest BCUT2D eigenvalue weighted by molar-refractivity contribution is 6.31. The van der Waals surface area contributed by atoms with Crippen molar-refractivity contribution in [3.8, 4) is 0 Å². The Kier molecular flexibility index (Phi) is 2.91. The van der Waals surface area contributed by atoms with Gasteiger partial charge in [0.05, 0.1) is 0 Å². The van der Waals surface area contributed by atoms with Crippen LogP contribution in [0.15, 0.2) is 48.7 Å². The first-order chi connectivity index (χ1) is 9.13. The Hall–Kier alpha value is -2.00. The normalized spacial score (nSPS) is 11.1. The van der Waals surface area contributed by atoms with Gasteiger partial charge in [-0.25, -0.2) is 4.39 Å². The van der Waals surface area contributed by atoms with Gasteiger partial charge in [0.1, 0.15) is 5.82 Å². The summed E-state index contributed by atoms with van der Waals surface area (Å²) in [6.45, 7) is 0.604. The summed E-state index contributed by atoms with van der Waals surface area (Å²) in [5.41, 5.74) is 8.46. The standard InChI is InChI=1S/C15H12ClFN2/c16-14-8-12(17)2-1-11(14)9-19-6-5-10-7-13(18)3-4-15(10)19/h1-8H,9,18H2. The van der Waals surface area contributed by atoms with E-state index < -0.39 is 0 Å². The number of hydrogen-bond donors (Lipinski definition) is 1. The highest BCUT2D eigenvalue weighted by Crippen LogP contribution is 2.23. The fraction of sp³-hybridized carbons (Fsp3) is 0.0667. The van der Waals surface area contributed by atoms with Crippen molar-refractivity contribution in [3.05, 3.63) is 65.1 Å². The van der Waals surface area contributed by atoms with Gasteiger partial charge in [0, 0.05) is 34.4 Å². The lowest BCUT2D eigenvalue weighted by molar-refractivity contribution is 0.626. The lowest BCUT2D eigenvalue weighted by atomic mass is 10.2. The average molecular weight is 275 g/mol. The molecule has 0 fully saturated rings. The summed E-state index contributed by atoms with van der Waals surface area (Å²) in [6.07, 6.45) is 1.98. The molecule has 0 saturated heterocycles. The Balaban J connectivity index is 2.01. The van der Waals surface area contributed by atoms with E-state index in [-0.39, 0.29) is 5.82 Å². The number of nitrogens with zero attached hydrogens (tertiary/aromatic N) is 1. The van der Waals surface area contributed by atoms with Crippen molar-refractivity contribution in [1.82, 2.24) is 4.57 Å². The van der Waals surface area contributed by atoms with Crippen molar-refractivity contribution in [1.29, 1.82) is 0 Å². The Morgan fingerprint density at radius 3 is 2.74 bits per heavy atom. The highest BCUT2D eigenvalue weighted by Gasteiger charge is 2.06. The van der Waals surface area contributed by atoms with Gasteiger partial charge in [-0.1, -0.05) is 17.7 Å². The largest absolute Gasteiger partial charge is 0.399 e. The fourth-order valence-electron chi connectivity index (χ4n) is 2.19. The van der Waals surface area contributed by atoms with Crippen LogP contribution in [0.4, 0.5) is 10.1 Å². The lowest BCUT2D eigenvalue weighted by Gasteiger charge is -2.08. The van der Waals surface area contributed by atoms with Gasteiger partial charge in [0.2, 0.25) is 0 Å². The van der Waals surface area contributed by atoms with E-state index in [1.54, 1.807) is 6.07 Å². The van der Waals surface area contributed by atoms with Crippen LogP contribution in [0.25, 0.3) is 10.9 Å². The molecular weight excluding hydrogens is 263 g/mol. The van der Waals surface area contributed by atoms with E-state index in [4.69, 9.17) is 17.3 Å². The quantitative estimate of drug-likeness (QED) is 0.702. The van der Waals surface area contributed by atoms with Gasteiger partial charge < -0.3 is 10.3 Å². The molecule has 1 heterocycles. The van der Waals surface area contributed by atoms with Crippen molar-refractivity contribution in [2.45, 2.75) is 6.54 Å². The number of rotatable bonds is 2. The molecule has 2 aromatic carbocycles. The van der Waals surface area contributed by atoms with Gasteiger partial charge in [0.15, 0.2) is 0 Å². The molecule has 2 nitrogen and oxygen atoms in total. The molecule has 0 aliphatic carbocycles. The van der Waals surface area contributed by atoms with E-state index in [0.717, 1.165) is 22.2 Å². The molecule has 19 heavy (non-hydrogen) atoms. The summed E-state index contributed by atoms with van der Waals surface area (Å²) in [5, 5.41) is 1.52. The zero-order chi connectivity index (χ0) is 13.4. The van der Waals surface area contributed by atoms with E-state index in [1.165, 1.54) is 12.1 Å². The molecule has 1 aromatic heterocycles. The van der Waals surface area contributed by atoms with Crippen molar-refractivity contribution in [2.75, 3.05) is 5.73 Å². The van der Waals surface area contributed by atoms with Crippen LogP contribution in [0, 0.1) is 5.82 Å². The molecule has 2 N–H and O–H groups in total. The first-order valence-electron chi connectivity index (χ1n) is 5.92. The van der Waals surface area contributed by atoms with Crippen molar-refractivity contribution in [3.63, 3.8) is 0 Å². The average Bonchev–Trinajstić information content (AvgIpc) is 2.75. The zero-order valence-electron chi connectivity index (χ0n) is 10.1. The second-order valence-corrected chi connectivity index (χ2v) is 4.90. The molecule has 0 spiro atoms. The third-order valence-corrected chi connectivity index (χ3v) is 3.50. The summed E-state index contributed by atoms with van der Waals surface area (Å²) >= 11 is 6.05. The summed E-state index contributed by atoms with van der Waals surface area (Å²) in [4.78, 5) is 0. The SMILES string of the molecule is Nc1ccc2c(ccn2Cc2ccc(F)cc2Cl)c1. The predicted octanol–water partition coefficient (Wildman–Crippen LogP) is 4.06. The van der Waals surface area contributed by atoms with Crippen LogP contribution in [-0.4, -0.2) is 4.57 Å². The third-order valence-electron chi connectivity index (χ3n) is 3.15. The van der Waals surface area contributed by atoms with Gasteiger partial charge in [-0.05, 0) is 42.0 Å². The maximum Gasteiger partial charge on any atom is 0.124 e. The van der Waals surface area contributed by atoms with Crippen LogP contribution in [0.3, 0.4) is 0 Å². The molecule has 96 valence electrons. The van der Waals surface area contributed by atoms with Gasteiger partial charge in [0.25, 0.3) is 0 Å². The van der Waals surface area contributed by atoms with Crippen LogP contribution in [0.2, 0.25) is 5.02 Å². The molecule has 0 radical (unpaired) electrons. The van der Waals surface area contributed by atoms with E-state index in [1.807, 2.05) is 30.5 Å². The summed E-state index contributed by atoms with van der Waals surface area (Å²) < 4.78 is 15.1. The van der Waals surface area contributed by atoms with Crippen LogP contribution in [0.1, 0.15) is 5.56 Å². The van der Waals surface area contributed by atoms with Crippen LogP contribution in [0.5, 0.6) is 0 Å². The van der Waals surface area contributed by atoms with Gasteiger partial charge in [-0.2, -0.15) is 0 Å². The fourth-order valence-corrected chi connectivity index (χ4v) is 2.42. The molecule has 3 aromatic rings. The summed E-state index contributed by atoms with van der Waals surface area (Å²) in [5.74, 6) is -0.320. The topological polar surface area (TPSA) is 30.9 Å². The van der Waals surface area contributed by atoms with E-state index in [9.17, 15) is 4.39 Å². The maximum atomic E-state index is 13.0.